The van der Waals surface area contributed by atoms with Crippen molar-refractivity contribution in [3.63, 3.8) is 0 Å². The van der Waals surface area contributed by atoms with Crippen molar-refractivity contribution >= 4 is 29.2 Å². The molecule has 0 radical (unpaired) electrons. The van der Waals surface area contributed by atoms with Gasteiger partial charge in [-0.15, -0.1) is 0 Å². The number of imidazole rings is 1. The molecular formula is C15H12FN5O3. The number of nitrogens with one attached hydrogen (secondary N) is 2. The Balaban J connectivity index is 2.02. The van der Waals surface area contributed by atoms with Crippen molar-refractivity contribution in [2.45, 2.75) is 6.92 Å². The second-order valence-corrected chi connectivity index (χ2v) is 4.98. The Hall–Kier alpha value is -3.49. The Morgan fingerprint density at radius 3 is 2.71 bits per heavy atom. The van der Waals surface area contributed by atoms with Crippen LogP contribution < -0.4 is 10.6 Å². The number of benzene rings is 1. The van der Waals surface area contributed by atoms with E-state index in [9.17, 15) is 14.0 Å². The Kier molecular flexibility index (Phi) is 3.82. The Bertz CT molecular complexity index is 953. The zero-order chi connectivity index (χ0) is 17.3. The number of carbonyl (C=O) groups excluding carboxylic acids is 1. The Morgan fingerprint density at radius 2 is 2.00 bits per heavy atom. The summed E-state index contributed by atoms with van der Waals surface area (Å²) in [7, 11) is 0. The van der Waals surface area contributed by atoms with Crippen LogP contribution >= 0.6 is 0 Å². The minimum Gasteiger partial charge on any atom is -0.465 e. The molecule has 0 aliphatic rings. The first-order chi connectivity index (χ1) is 11.4. The lowest BCUT2D eigenvalue weighted by molar-refractivity contribution is -0.114. The number of amides is 2. The number of fused-ring (bicyclic) bond motifs is 1. The van der Waals surface area contributed by atoms with E-state index in [4.69, 9.17) is 5.11 Å². The number of hydrogen-bond donors (Lipinski definition) is 3. The van der Waals surface area contributed by atoms with Crippen LogP contribution in [0.15, 0.2) is 36.8 Å². The van der Waals surface area contributed by atoms with Gasteiger partial charge in [0.15, 0.2) is 0 Å². The van der Waals surface area contributed by atoms with Crippen molar-refractivity contribution in [3.05, 3.63) is 42.6 Å². The molecule has 2 amide bonds. The van der Waals surface area contributed by atoms with E-state index in [0.29, 0.717) is 11.4 Å². The van der Waals surface area contributed by atoms with Gasteiger partial charge in [0, 0.05) is 30.6 Å². The van der Waals surface area contributed by atoms with Gasteiger partial charge < -0.3 is 10.4 Å². The largest absolute Gasteiger partial charge is 0.465 e. The predicted octanol–water partition coefficient (Wildman–Crippen LogP) is 2.58. The summed E-state index contributed by atoms with van der Waals surface area (Å²) in [5, 5.41) is 13.5. The van der Waals surface area contributed by atoms with E-state index >= 15 is 0 Å². The van der Waals surface area contributed by atoms with Crippen molar-refractivity contribution in [1.29, 1.82) is 0 Å². The molecule has 2 heterocycles. The molecular weight excluding hydrogens is 317 g/mol. The fraction of sp³-hybridized carbons (Fsp3) is 0.0667. The van der Waals surface area contributed by atoms with Gasteiger partial charge >= 0.3 is 6.09 Å². The summed E-state index contributed by atoms with van der Waals surface area (Å²) in [5.74, 6) is -0.490. The monoisotopic (exact) mass is 329 g/mol. The van der Waals surface area contributed by atoms with Gasteiger partial charge in [-0.2, -0.15) is 0 Å². The second kappa shape index (κ2) is 5.95. The molecule has 3 N–H and O–H groups in total. The molecule has 24 heavy (non-hydrogen) atoms. The van der Waals surface area contributed by atoms with Crippen molar-refractivity contribution in [2.24, 2.45) is 0 Å². The molecule has 0 spiro atoms. The molecule has 0 saturated heterocycles. The van der Waals surface area contributed by atoms with E-state index in [1.807, 2.05) is 0 Å². The summed E-state index contributed by atoms with van der Waals surface area (Å²) in [5.41, 5.74) is 1.20. The molecule has 0 saturated carbocycles. The van der Waals surface area contributed by atoms with Crippen LogP contribution in [-0.2, 0) is 4.79 Å². The molecule has 122 valence electrons. The number of nitrogens with zero attached hydrogens (tertiary/aromatic N) is 3. The molecule has 8 nitrogen and oxygen atoms in total. The second-order valence-electron chi connectivity index (χ2n) is 4.98. The lowest BCUT2D eigenvalue weighted by Crippen LogP contribution is -2.08. The average molecular weight is 329 g/mol. The summed E-state index contributed by atoms with van der Waals surface area (Å²) < 4.78 is 15.6. The van der Waals surface area contributed by atoms with Gasteiger partial charge in [0.1, 0.15) is 5.82 Å². The first-order valence-corrected chi connectivity index (χ1v) is 6.84. The third kappa shape index (κ3) is 3.14. The molecule has 0 fully saturated rings. The van der Waals surface area contributed by atoms with Crippen LogP contribution in [0, 0.1) is 5.82 Å². The maximum Gasteiger partial charge on any atom is 0.409 e. The zero-order valence-corrected chi connectivity index (χ0v) is 12.4. The van der Waals surface area contributed by atoms with Crippen molar-refractivity contribution in [2.75, 3.05) is 10.6 Å². The number of rotatable bonds is 3. The molecule has 3 aromatic rings. The molecule has 0 bridgehead atoms. The van der Waals surface area contributed by atoms with Crippen LogP contribution in [0.5, 0.6) is 0 Å². The molecule has 3 rings (SSSR count). The molecule has 1 aromatic carbocycles. The molecule has 0 unspecified atom stereocenters. The topological polar surface area (TPSA) is 109 Å². The van der Waals surface area contributed by atoms with Gasteiger partial charge in [0.25, 0.3) is 0 Å². The van der Waals surface area contributed by atoms with Gasteiger partial charge in [-0.3, -0.25) is 14.5 Å². The number of carbonyl (C=O) groups is 2. The molecule has 2 aromatic heterocycles. The SMILES string of the molecule is CC(=O)Nc1ccc(F)c(-c2cn3cc(NC(=O)O)cnc3n2)c1. The summed E-state index contributed by atoms with van der Waals surface area (Å²) in [6.07, 6.45) is 3.09. The van der Waals surface area contributed by atoms with Gasteiger partial charge in [0.05, 0.1) is 17.6 Å². The number of aromatic nitrogens is 3. The van der Waals surface area contributed by atoms with Gasteiger partial charge in [-0.05, 0) is 18.2 Å². The van der Waals surface area contributed by atoms with Crippen LogP contribution in [0.4, 0.5) is 20.6 Å². The summed E-state index contributed by atoms with van der Waals surface area (Å²) >= 11 is 0. The summed E-state index contributed by atoms with van der Waals surface area (Å²) in [4.78, 5) is 30.0. The smallest absolute Gasteiger partial charge is 0.409 e. The van der Waals surface area contributed by atoms with Crippen LogP contribution in [0.1, 0.15) is 6.92 Å². The highest BCUT2D eigenvalue weighted by Crippen LogP contribution is 2.26. The van der Waals surface area contributed by atoms with E-state index in [1.165, 1.54) is 48.1 Å². The highest BCUT2D eigenvalue weighted by atomic mass is 19.1. The minimum atomic E-state index is -1.22. The maximum absolute atomic E-state index is 14.1. The summed E-state index contributed by atoms with van der Waals surface area (Å²) in [6.45, 7) is 1.36. The Morgan fingerprint density at radius 1 is 1.21 bits per heavy atom. The third-order valence-corrected chi connectivity index (χ3v) is 3.12. The van der Waals surface area contributed by atoms with Gasteiger partial charge in [-0.25, -0.2) is 19.2 Å². The lowest BCUT2D eigenvalue weighted by atomic mass is 10.1. The lowest BCUT2D eigenvalue weighted by Gasteiger charge is -2.05. The van der Waals surface area contributed by atoms with E-state index in [1.54, 1.807) is 0 Å². The quantitative estimate of drug-likeness (QED) is 0.684. The molecule has 0 atom stereocenters. The van der Waals surface area contributed by atoms with Crippen LogP contribution in [0.25, 0.3) is 17.0 Å². The maximum atomic E-state index is 14.1. The number of halogens is 1. The first kappa shape index (κ1) is 15.4. The van der Waals surface area contributed by atoms with Crippen LogP contribution in [-0.4, -0.2) is 31.5 Å². The third-order valence-electron chi connectivity index (χ3n) is 3.12. The standard InChI is InChI=1S/C15H12FN5O3/c1-8(22)18-9-2-3-12(16)11(4-9)13-7-21-6-10(19-15(23)24)5-17-14(21)20-13/h2-7,19H,1H3,(H,18,22)(H,23,24). The predicted molar refractivity (Wildman–Crippen MR) is 84.3 cm³/mol. The van der Waals surface area contributed by atoms with E-state index in [-0.39, 0.29) is 22.9 Å². The Labute approximate surface area is 135 Å². The number of carboxylic acid groups (broad SMARTS) is 1. The van der Waals surface area contributed by atoms with E-state index in [2.05, 4.69) is 20.6 Å². The van der Waals surface area contributed by atoms with Crippen LogP contribution in [0.2, 0.25) is 0 Å². The van der Waals surface area contributed by atoms with Crippen molar-refractivity contribution in [1.82, 2.24) is 14.4 Å². The fourth-order valence-electron chi connectivity index (χ4n) is 2.21. The first-order valence-electron chi connectivity index (χ1n) is 6.84. The number of anilines is 2. The van der Waals surface area contributed by atoms with Gasteiger partial charge in [-0.1, -0.05) is 0 Å². The zero-order valence-electron chi connectivity index (χ0n) is 12.4. The van der Waals surface area contributed by atoms with Crippen LogP contribution in [0.3, 0.4) is 0 Å². The van der Waals surface area contributed by atoms with Crippen molar-refractivity contribution < 1.29 is 19.1 Å². The van der Waals surface area contributed by atoms with E-state index in [0.717, 1.165) is 0 Å². The molecule has 9 heteroatoms. The highest BCUT2D eigenvalue weighted by Gasteiger charge is 2.12. The highest BCUT2D eigenvalue weighted by molar-refractivity contribution is 5.89. The normalized spacial score (nSPS) is 10.6. The van der Waals surface area contributed by atoms with Crippen molar-refractivity contribution in [3.8, 4) is 11.3 Å². The average Bonchev–Trinajstić information content (AvgIpc) is 2.91. The van der Waals surface area contributed by atoms with E-state index < -0.39 is 11.9 Å². The minimum absolute atomic E-state index is 0.194. The number of hydrogen-bond acceptors (Lipinski definition) is 4. The molecule has 0 aliphatic carbocycles. The molecule has 0 aliphatic heterocycles. The fourth-order valence-corrected chi connectivity index (χ4v) is 2.21. The van der Waals surface area contributed by atoms with Gasteiger partial charge in [0.2, 0.25) is 11.7 Å². The summed E-state index contributed by atoms with van der Waals surface area (Å²) in [6, 6.07) is 4.15.